The third-order valence-electron chi connectivity index (χ3n) is 2.68. The number of aliphatic carboxylic acids is 1. The van der Waals surface area contributed by atoms with Crippen molar-refractivity contribution >= 4 is 5.97 Å². The van der Waals surface area contributed by atoms with Gasteiger partial charge in [-0.2, -0.15) is 0 Å². The van der Waals surface area contributed by atoms with E-state index >= 15 is 0 Å². The van der Waals surface area contributed by atoms with E-state index in [1.54, 1.807) is 6.07 Å². The number of aliphatic hydroxyl groups is 1. The number of rotatable bonds is 2. The van der Waals surface area contributed by atoms with Gasteiger partial charge in [-0.15, -0.1) is 0 Å². The molecule has 4 heteroatoms. The Kier molecular flexibility index (Phi) is 2.29. The summed E-state index contributed by atoms with van der Waals surface area (Å²) in [6.45, 7) is 0.821. The molecule has 0 aliphatic carbocycles. The highest BCUT2D eigenvalue weighted by molar-refractivity contribution is 5.73. The summed E-state index contributed by atoms with van der Waals surface area (Å²) in [5, 5.41) is 18.1. The van der Waals surface area contributed by atoms with Gasteiger partial charge in [-0.05, 0) is 31.4 Å². The molecule has 0 amide bonds. The van der Waals surface area contributed by atoms with Crippen molar-refractivity contribution in [2.24, 2.45) is 0 Å². The Morgan fingerprint density at radius 2 is 2.21 bits per heavy atom. The molecule has 1 aromatic heterocycles. The zero-order valence-corrected chi connectivity index (χ0v) is 7.81. The number of hydrogen-bond donors (Lipinski definition) is 2. The van der Waals surface area contributed by atoms with Crippen LogP contribution in [0.2, 0.25) is 0 Å². The van der Waals surface area contributed by atoms with Crippen LogP contribution < -0.4 is 0 Å². The number of aryl methyl sites for hydroxylation is 1. The van der Waals surface area contributed by atoms with Crippen LogP contribution in [0.15, 0.2) is 12.1 Å². The lowest BCUT2D eigenvalue weighted by molar-refractivity contribution is -0.147. The second-order valence-electron chi connectivity index (χ2n) is 3.60. The van der Waals surface area contributed by atoms with E-state index in [2.05, 4.69) is 0 Å². The topological polar surface area (TPSA) is 62.5 Å². The van der Waals surface area contributed by atoms with E-state index in [9.17, 15) is 9.90 Å². The van der Waals surface area contributed by atoms with Gasteiger partial charge in [-0.1, -0.05) is 0 Å². The summed E-state index contributed by atoms with van der Waals surface area (Å²) in [6, 6.07) is 3.61. The molecular weight excluding hydrogens is 182 g/mol. The molecule has 76 valence electrons. The Morgan fingerprint density at radius 1 is 1.43 bits per heavy atom. The third-order valence-corrected chi connectivity index (χ3v) is 2.68. The summed E-state index contributed by atoms with van der Waals surface area (Å²) in [7, 11) is 0. The quantitative estimate of drug-likeness (QED) is 0.738. The van der Waals surface area contributed by atoms with E-state index in [-0.39, 0.29) is 0 Å². The molecule has 2 rings (SSSR count). The first-order valence-electron chi connectivity index (χ1n) is 4.79. The number of aromatic nitrogens is 1. The normalized spacial score (nSPS) is 17.5. The molecule has 0 saturated heterocycles. The Labute approximate surface area is 81.8 Å². The minimum atomic E-state index is -1.39. The Bertz CT molecular complexity index is 356. The maximum Gasteiger partial charge on any atom is 0.338 e. The minimum absolute atomic E-state index is 0.507. The van der Waals surface area contributed by atoms with Crippen molar-refractivity contribution in [3.05, 3.63) is 23.5 Å². The second kappa shape index (κ2) is 3.46. The van der Waals surface area contributed by atoms with Gasteiger partial charge in [0.05, 0.1) is 5.69 Å². The number of hydrogen-bond acceptors (Lipinski definition) is 2. The third kappa shape index (κ3) is 1.42. The Balaban J connectivity index is 2.34. The van der Waals surface area contributed by atoms with Crippen LogP contribution in [0.3, 0.4) is 0 Å². The molecule has 1 aromatic rings. The van der Waals surface area contributed by atoms with E-state index in [1.165, 1.54) is 0 Å². The molecule has 0 bridgehead atoms. The fourth-order valence-corrected chi connectivity index (χ4v) is 1.96. The van der Waals surface area contributed by atoms with Crippen molar-refractivity contribution in [2.45, 2.75) is 31.9 Å². The first-order valence-corrected chi connectivity index (χ1v) is 4.79. The molecule has 1 atom stereocenters. The molecule has 0 fully saturated rings. The standard InChI is InChI=1S/C10H13NO3/c12-9(10(13)14)8-5-4-7-3-1-2-6-11(7)8/h4-5,9,12H,1-3,6H2,(H,13,14). The van der Waals surface area contributed by atoms with Gasteiger partial charge in [0.15, 0.2) is 6.10 Å². The van der Waals surface area contributed by atoms with Crippen molar-refractivity contribution in [3.8, 4) is 0 Å². The van der Waals surface area contributed by atoms with Crippen molar-refractivity contribution < 1.29 is 15.0 Å². The number of carboxylic acids is 1. The molecular formula is C10H13NO3. The van der Waals surface area contributed by atoms with E-state index in [0.29, 0.717) is 5.69 Å². The highest BCUT2D eigenvalue weighted by Gasteiger charge is 2.22. The average molecular weight is 195 g/mol. The monoisotopic (exact) mass is 195 g/mol. The molecule has 14 heavy (non-hydrogen) atoms. The van der Waals surface area contributed by atoms with Gasteiger partial charge in [0.2, 0.25) is 0 Å². The van der Waals surface area contributed by atoms with E-state index in [1.807, 2.05) is 10.6 Å². The predicted octanol–water partition coefficient (Wildman–Crippen LogP) is 0.942. The molecule has 0 aromatic carbocycles. The fourth-order valence-electron chi connectivity index (χ4n) is 1.96. The van der Waals surface area contributed by atoms with Crippen molar-refractivity contribution in [2.75, 3.05) is 0 Å². The van der Waals surface area contributed by atoms with Crippen molar-refractivity contribution in [1.82, 2.24) is 4.57 Å². The van der Waals surface area contributed by atoms with E-state index in [0.717, 1.165) is 31.5 Å². The predicted molar refractivity (Wildman–Crippen MR) is 50.0 cm³/mol. The van der Waals surface area contributed by atoms with Gasteiger partial charge in [0.1, 0.15) is 0 Å². The van der Waals surface area contributed by atoms with Crippen molar-refractivity contribution in [3.63, 3.8) is 0 Å². The van der Waals surface area contributed by atoms with Gasteiger partial charge >= 0.3 is 5.97 Å². The first-order chi connectivity index (χ1) is 6.70. The van der Waals surface area contributed by atoms with Gasteiger partial charge in [0.25, 0.3) is 0 Å². The van der Waals surface area contributed by atoms with Gasteiger partial charge in [-0.3, -0.25) is 0 Å². The fraction of sp³-hybridized carbons (Fsp3) is 0.500. The maximum atomic E-state index is 10.6. The van der Waals surface area contributed by atoms with Crippen LogP contribution in [-0.2, 0) is 17.8 Å². The average Bonchev–Trinajstić information content (AvgIpc) is 2.60. The molecule has 0 spiro atoms. The highest BCUT2D eigenvalue weighted by atomic mass is 16.4. The van der Waals surface area contributed by atoms with E-state index in [4.69, 9.17) is 5.11 Å². The summed E-state index contributed by atoms with van der Waals surface area (Å²) in [6.07, 6.45) is 1.79. The van der Waals surface area contributed by atoms with E-state index < -0.39 is 12.1 Å². The second-order valence-corrected chi connectivity index (χ2v) is 3.60. The molecule has 1 aliphatic heterocycles. The van der Waals surface area contributed by atoms with Crippen LogP contribution in [0.25, 0.3) is 0 Å². The number of carboxylic acid groups (broad SMARTS) is 1. The summed E-state index contributed by atoms with van der Waals surface area (Å²) in [4.78, 5) is 10.6. The molecule has 0 saturated carbocycles. The number of aliphatic hydroxyl groups excluding tert-OH is 1. The zero-order chi connectivity index (χ0) is 10.1. The number of carbonyl (C=O) groups is 1. The molecule has 2 N–H and O–H groups in total. The number of fused-ring (bicyclic) bond motifs is 1. The smallest absolute Gasteiger partial charge is 0.338 e. The first kappa shape index (κ1) is 9.27. The highest BCUT2D eigenvalue weighted by Crippen LogP contribution is 2.23. The van der Waals surface area contributed by atoms with Crippen LogP contribution in [0.5, 0.6) is 0 Å². The lowest BCUT2D eigenvalue weighted by atomic mass is 10.1. The summed E-state index contributed by atoms with van der Waals surface area (Å²) in [5.74, 6) is -1.18. The summed E-state index contributed by atoms with van der Waals surface area (Å²) < 4.78 is 1.92. The number of nitrogens with zero attached hydrogens (tertiary/aromatic N) is 1. The van der Waals surface area contributed by atoms with Crippen molar-refractivity contribution in [1.29, 1.82) is 0 Å². The summed E-state index contributed by atoms with van der Waals surface area (Å²) >= 11 is 0. The van der Waals surface area contributed by atoms with Gasteiger partial charge in [-0.25, -0.2) is 4.79 Å². The Morgan fingerprint density at radius 3 is 2.93 bits per heavy atom. The maximum absolute atomic E-state index is 10.6. The van der Waals surface area contributed by atoms with Crippen LogP contribution in [0.4, 0.5) is 0 Å². The van der Waals surface area contributed by atoms with Crippen LogP contribution in [-0.4, -0.2) is 20.7 Å². The lowest BCUT2D eigenvalue weighted by Gasteiger charge is -2.19. The largest absolute Gasteiger partial charge is 0.479 e. The molecule has 1 unspecified atom stereocenters. The van der Waals surface area contributed by atoms with Gasteiger partial charge < -0.3 is 14.8 Å². The minimum Gasteiger partial charge on any atom is -0.479 e. The lowest BCUT2D eigenvalue weighted by Crippen LogP contribution is -2.19. The summed E-state index contributed by atoms with van der Waals surface area (Å²) in [5.41, 5.74) is 1.64. The molecule has 2 heterocycles. The zero-order valence-electron chi connectivity index (χ0n) is 7.81. The Hall–Kier alpha value is -1.29. The molecule has 4 nitrogen and oxygen atoms in total. The molecule has 1 aliphatic rings. The SMILES string of the molecule is O=C(O)C(O)c1ccc2n1CCCC2. The van der Waals surface area contributed by atoms with Gasteiger partial charge in [0, 0.05) is 12.2 Å². The van der Waals surface area contributed by atoms with Crippen LogP contribution in [0.1, 0.15) is 30.3 Å². The molecule has 0 radical (unpaired) electrons. The van der Waals surface area contributed by atoms with Crippen LogP contribution >= 0.6 is 0 Å². The van der Waals surface area contributed by atoms with Crippen LogP contribution in [0, 0.1) is 0 Å².